The maximum Gasteiger partial charge on any atom is 0.229 e. The number of nitrogens with zero attached hydrogens (tertiary/aromatic N) is 1. The van der Waals surface area contributed by atoms with Crippen LogP contribution < -0.4 is 15.5 Å². The number of aryl methyl sites for hydroxylation is 1. The van der Waals surface area contributed by atoms with E-state index in [0.29, 0.717) is 17.9 Å². The highest BCUT2D eigenvalue weighted by atomic mass is 16.2. The first-order chi connectivity index (χ1) is 13.8. The summed E-state index contributed by atoms with van der Waals surface area (Å²) in [4.78, 5) is 38.4. The Morgan fingerprint density at radius 3 is 2.52 bits per heavy atom. The van der Waals surface area contributed by atoms with E-state index in [1.807, 2.05) is 31.2 Å². The summed E-state index contributed by atoms with van der Waals surface area (Å²) in [5.41, 5.74) is 4.23. The maximum atomic E-state index is 12.9. The van der Waals surface area contributed by atoms with Gasteiger partial charge in [-0.15, -0.1) is 0 Å². The van der Waals surface area contributed by atoms with Crippen molar-refractivity contribution in [3.05, 3.63) is 53.6 Å². The van der Waals surface area contributed by atoms with Crippen molar-refractivity contribution in [1.29, 1.82) is 0 Å². The molecule has 1 heterocycles. The molecule has 0 bridgehead atoms. The van der Waals surface area contributed by atoms with Crippen LogP contribution in [0.4, 0.5) is 17.1 Å². The number of carbonyl (C=O) groups excluding carboxylic acids is 3. The van der Waals surface area contributed by atoms with Crippen LogP contribution in [0.5, 0.6) is 0 Å². The Balaban J connectivity index is 1.76. The van der Waals surface area contributed by atoms with Crippen molar-refractivity contribution in [3.8, 4) is 0 Å². The molecule has 2 N–H and O–H groups in total. The van der Waals surface area contributed by atoms with E-state index >= 15 is 0 Å². The average molecular weight is 393 g/mol. The number of amides is 3. The Morgan fingerprint density at radius 1 is 1.10 bits per heavy atom. The summed E-state index contributed by atoms with van der Waals surface area (Å²) in [6.45, 7) is 7.91. The second-order valence-electron chi connectivity index (χ2n) is 7.82. The second kappa shape index (κ2) is 8.47. The standard InChI is InChI=1S/C23H27N3O3/c1-14(2)20-10-5-7-15(3)22(20)25-23(29)17-11-21(28)26(13-17)19-9-6-8-18(12-19)24-16(4)27/h5-10,12,14,17H,11,13H2,1-4H3,(H,24,27)(H,25,29). The molecule has 29 heavy (non-hydrogen) atoms. The molecule has 0 aliphatic carbocycles. The third kappa shape index (κ3) is 4.65. The lowest BCUT2D eigenvalue weighted by Gasteiger charge is -2.19. The Hall–Kier alpha value is -3.15. The topological polar surface area (TPSA) is 78.5 Å². The van der Waals surface area contributed by atoms with Gasteiger partial charge in [-0.3, -0.25) is 14.4 Å². The van der Waals surface area contributed by atoms with Gasteiger partial charge in [0, 0.05) is 37.0 Å². The molecule has 1 unspecified atom stereocenters. The van der Waals surface area contributed by atoms with Gasteiger partial charge in [-0.05, 0) is 42.2 Å². The number of para-hydroxylation sites is 1. The highest BCUT2D eigenvalue weighted by Gasteiger charge is 2.35. The minimum atomic E-state index is -0.424. The number of nitrogens with one attached hydrogen (secondary N) is 2. The Morgan fingerprint density at radius 2 is 1.83 bits per heavy atom. The molecule has 1 fully saturated rings. The number of rotatable bonds is 5. The summed E-state index contributed by atoms with van der Waals surface area (Å²) in [5.74, 6) is -0.560. The van der Waals surface area contributed by atoms with E-state index < -0.39 is 5.92 Å². The van der Waals surface area contributed by atoms with Gasteiger partial charge in [-0.1, -0.05) is 38.1 Å². The monoisotopic (exact) mass is 393 g/mol. The lowest BCUT2D eigenvalue weighted by Crippen LogP contribution is -2.28. The molecule has 6 nitrogen and oxygen atoms in total. The molecule has 0 radical (unpaired) electrons. The van der Waals surface area contributed by atoms with E-state index in [0.717, 1.165) is 16.8 Å². The van der Waals surface area contributed by atoms with Gasteiger partial charge in [0.05, 0.1) is 5.92 Å². The zero-order valence-electron chi connectivity index (χ0n) is 17.3. The molecular formula is C23H27N3O3. The van der Waals surface area contributed by atoms with Crippen LogP contribution in [-0.2, 0) is 14.4 Å². The zero-order chi connectivity index (χ0) is 21.1. The molecular weight excluding hydrogens is 366 g/mol. The van der Waals surface area contributed by atoms with Gasteiger partial charge in [-0.25, -0.2) is 0 Å². The van der Waals surface area contributed by atoms with Crippen LogP contribution in [0.15, 0.2) is 42.5 Å². The fraction of sp³-hybridized carbons (Fsp3) is 0.348. The summed E-state index contributed by atoms with van der Waals surface area (Å²) in [7, 11) is 0. The van der Waals surface area contributed by atoms with Crippen LogP contribution in [-0.4, -0.2) is 24.3 Å². The van der Waals surface area contributed by atoms with E-state index in [2.05, 4.69) is 24.5 Å². The van der Waals surface area contributed by atoms with Crippen molar-refractivity contribution in [2.45, 2.75) is 40.0 Å². The molecule has 3 amide bonds. The number of hydrogen-bond acceptors (Lipinski definition) is 3. The Bertz CT molecular complexity index is 952. The SMILES string of the molecule is CC(=O)Nc1cccc(N2CC(C(=O)Nc3c(C)cccc3C(C)C)CC2=O)c1. The molecule has 1 atom stereocenters. The number of benzene rings is 2. The predicted molar refractivity (Wildman–Crippen MR) is 115 cm³/mol. The zero-order valence-corrected chi connectivity index (χ0v) is 17.3. The number of anilines is 3. The average Bonchev–Trinajstić information content (AvgIpc) is 3.04. The fourth-order valence-electron chi connectivity index (χ4n) is 3.66. The number of carbonyl (C=O) groups is 3. The van der Waals surface area contributed by atoms with Crippen molar-refractivity contribution in [2.75, 3.05) is 22.1 Å². The van der Waals surface area contributed by atoms with Gasteiger partial charge < -0.3 is 15.5 Å². The van der Waals surface area contributed by atoms with Crippen molar-refractivity contribution < 1.29 is 14.4 Å². The lowest BCUT2D eigenvalue weighted by molar-refractivity contribution is -0.122. The van der Waals surface area contributed by atoms with E-state index in [1.165, 1.54) is 6.92 Å². The first-order valence-electron chi connectivity index (χ1n) is 9.84. The first kappa shape index (κ1) is 20.6. The summed E-state index contributed by atoms with van der Waals surface area (Å²) in [5, 5.41) is 5.77. The van der Waals surface area contributed by atoms with E-state index in [-0.39, 0.29) is 30.1 Å². The molecule has 6 heteroatoms. The maximum absolute atomic E-state index is 12.9. The normalized spacial score (nSPS) is 16.2. The minimum absolute atomic E-state index is 0.0982. The van der Waals surface area contributed by atoms with E-state index in [4.69, 9.17) is 0 Å². The quantitative estimate of drug-likeness (QED) is 0.804. The largest absolute Gasteiger partial charge is 0.326 e. The van der Waals surface area contributed by atoms with Crippen molar-refractivity contribution in [1.82, 2.24) is 0 Å². The molecule has 2 aromatic carbocycles. The third-order valence-corrected chi connectivity index (χ3v) is 5.15. The van der Waals surface area contributed by atoms with Crippen LogP contribution in [0.3, 0.4) is 0 Å². The first-order valence-corrected chi connectivity index (χ1v) is 9.84. The Labute approximate surface area is 171 Å². The molecule has 1 aliphatic rings. The van der Waals surface area contributed by atoms with Crippen molar-refractivity contribution in [3.63, 3.8) is 0 Å². The highest BCUT2D eigenvalue weighted by Crippen LogP contribution is 2.31. The van der Waals surface area contributed by atoms with Gasteiger partial charge >= 0.3 is 0 Å². The van der Waals surface area contributed by atoms with E-state index in [9.17, 15) is 14.4 Å². The lowest BCUT2D eigenvalue weighted by atomic mass is 9.97. The molecule has 0 spiro atoms. The fourth-order valence-corrected chi connectivity index (χ4v) is 3.66. The summed E-state index contributed by atoms with van der Waals surface area (Å²) in [6, 6.07) is 13.1. The summed E-state index contributed by atoms with van der Waals surface area (Å²) in [6.07, 6.45) is 0.166. The van der Waals surface area contributed by atoms with Gasteiger partial charge in [-0.2, -0.15) is 0 Å². The van der Waals surface area contributed by atoms with Crippen molar-refractivity contribution in [2.24, 2.45) is 5.92 Å². The minimum Gasteiger partial charge on any atom is -0.326 e. The van der Waals surface area contributed by atoms with Crippen LogP contribution in [0.25, 0.3) is 0 Å². The van der Waals surface area contributed by atoms with Crippen LogP contribution in [0.2, 0.25) is 0 Å². The third-order valence-electron chi connectivity index (χ3n) is 5.15. The van der Waals surface area contributed by atoms with Crippen LogP contribution in [0, 0.1) is 12.8 Å². The molecule has 1 aliphatic heterocycles. The predicted octanol–water partition coefficient (Wildman–Crippen LogP) is 4.07. The summed E-state index contributed by atoms with van der Waals surface area (Å²) >= 11 is 0. The Kier molecular flexibility index (Phi) is 6.01. The molecule has 3 rings (SSSR count). The van der Waals surface area contributed by atoms with Crippen LogP contribution >= 0.6 is 0 Å². The van der Waals surface area contributed by atoms with Crippen molar-refractivity contribution >= 4 is 34.8 Å². The van der Waals surface area contributed by atoms with Gasteiger partial charge in [0.25, 0.3) is 0 Å². The van der Waals surface area contributed by atoms with Gasteiger partial charge in [0.2, 0.25) is 17.7 Å². The molecule has 152 valence electrons. The second-order valence-corrected chi connectivity index (χ2v) is 7.82. The van der Waals surface area contributed by atoms with Gasteiger partial charge in [0.1, 0.15) is 0 Å². The smallest absolute Gasteiger partial charge is 0.229 e. The van der Waals surface area contributed by atoms with Gasteiger partial charge in [0.15, 0.2) is 0 Å². The molecule has 0 saturated carbocycles. The number of hydrogen-bond donors (Lipinski definition) is 2. The molecule has 2 aromatic rings. The summed E-state index contributed by atoms with van der Waals surface area (Å²) < 4.78 is 0. The van der Waals surface area contributed by atoms with Crippen LogP contribution in [0.1, 0.15) is 44.2 Å². The van der Waals surface area contributed by atoms with E-state index in [1.54, 1.807) is 23.1 Å². The highest BCUT2D eigenvalue weighted by molar-refractivity contribution is 6.04. The molecule has 1 saturated heterocycles. The molecule has 0 aromatic heterocycles.